The van der Waals surface area contributed by atoms with Gasteiger partial charge in [-0.25, -0.2) is 0 Å². The maximum atomic E-state index is 10.5. The molecule has 0 aliphatic carbocycles. The summed E-state index contributed by atoms with van der Waals surface area (Å²) in [6, 6.07) is 0.299. The molecular formula is C11H21NO4. The molecule has 0 radical (unpaired) electrons. The number of hydrogen-bond acceptors (Lipinski definition) is 3. The SMILES string of the molecule is CCC(C)N(CCCC(=O)O)CCC(=O)O. The predicted molar refractivity (Wildman–Crippen MR) is 60.4 cm³/mol. The van der Waals surface area contributed by atoms with Gasteiger partial charge < -0.3 is 15.1 Å². The third-order valence-electron chi connectivity index (χ3n) is 2.66. The van der Waals surface area contributed by atoms with Crippen molar-refractivity contribution in [2.45, 2.75) is 45.6 Å². The van der Waals surface area contributed by atoms with Crippen LogP contribution in [0.3, 0.4) is 0 Å². The Morgan fingerprint density at radius 3 is 2.12 bits per heavy atom. The summed E-state index contributed by atoms with van der Waals surface area (Å²) in [5.41, 5.74) is 0. The molecule has 0 rings (SSSR count). The molecule has 2 N–H and O–H groups in total. The van der Waals surface area contributed by atoms with Gasteiger partial charge in [-0.15, -0.1) is 0 Å². The molecule has 0 fully saturated rings. The van der Waals surface area contributed by atoms with Crippen LogP contribution in [0, 0.1) is 0 Å². The van der Waals surface area contributed by atoms with E-state index in [1.807, 2.05) is 18.7 Å². The number of rotatable bonds is 9. The van der Waals surface area contributed by atoms with E-state index < -0.39 is 11.9 Å². The molecule has 0 aliphatic rings. The molecule has 0 aromatic rings. The average molecular weight is 231 g/mol. The highest BCUT2D eigenvalue weighted by molar-refractivity contribution is 5.67. The summed E-state index contributed by atoms with van der Waals surface area (Å²) in [7, 11) is 0. The van der Waals surface area contributed by atoms with Crippen LogP contribution in [0.5, 0.6) is 0 Å². The van der Waals surface area contributed by atoms with Gasteiger partial charge in [-0.05, 0) is 26.3 Å². The summed E-state index contributed by atoms with van der Waals surface area (Å²) >= 11 is 0. The van der Waals surface area contributed by atoms with Gasteiger partial charge in [-0.1, -0.05) is 6.92 Å². The molecule has 0 heterocycles. The Bertz CT molecular complexity index is 230. The normalized spacial score (nSPS) is 12.7. The molecule has 5 nitrogen and oxygen atoms in total. The van der Waals surface area contributed by atoms with E-state index in [0.29, 0.717) is 25.6 Å². The minimum Gasteiger partial charge on any atom is -0.481 e. The summed E-state index contributed by atoms with van der Waals surface area (Å²) in [6.07, 6.45) is 1.75. The van der Waals surface area contributed by atoms with Gasteiger partial charge in [0.25, 0.3) is 0 Å². The van der Waals surface area contributed by atoms with Crippen molar-refractivity contribution in [2.75, 3.05) is 13.1 Å². The predicted octanol–water partition coefficient (Wildman–Crippen LogP) is 1.43. The highest BCUT2D eigenvalue weighted by Gasteiger charge is 2.13. The van der Waals surface area contributed by atoms with Crippen molar-refractivity contribution in [3.8, 4) is 0 Å². The standard InChI is InChI=1S/C11H21NO4/c1-3-9(2)12(8-6-11(15)16)7-4-5-10(13)14/h9H,3-8H2,1-2H3,(H,13,14)(H,15,16). The van der Waals surface area contributed by atoms with E-state index in [2.05, 4.69) is 0 Å². The lowest BCUT2D eigenvalue weighted by Crippen LogP contribution is -2.35. The van der Waals surface area contributed by atoms with Crippen LogP contribution in [0.4, 0.5) is 0 Å². The fraction of sp³-hybridized carbons (Fsp3) is 0.818. The average Bonchev–Trinajstić information content (AvgIpc) is 2.21. The fourth-order valence-corrected chi connectivity index (χ4v) is 1.48. The minimum atomic E-state index is -0.813. The number of carboxylic acid groups (broad SMARTS) is 2. The van der Waals surface area contributed by atoms with Crippen LogP contribution in [0.2, 0.25) is 0 Å². The molecule has 0 saturated heterocycles. The minimum absolute atomic E-state index is 0.109. The molecule has 0 amide bonds. The molecule has 0 bridgehead atoms. The topological polar surface area (TPSA) is 77.8 Å². The molecule has 0 aromatic heterocycles. The van der Waals surface area contributed by atoms with Crippen molar-refractivity contribution in [1.82, 2.24) is 4.90 Å². The van der Waals surface area contributed by atoms with E-state index >= 15 is 0 Å². The molecule has 0 saturated carbocycles. The summed E-state index contributed by atoms with van der Waals surface area (Å²) in [4.78, 5) is 22.9. The second-order valence-electron chi connectivity index (χ2n) is 3.93. The third kappa shape index (κ3) is 7.23. The zero-order chi connectivity index (χ0) is 12.6. The Balaban J connectivity index is 3.99. The Morgan fingerprint density at radius 2 is 1.69 bits per heavy atom. The Labute approximate surface area is 96.1 Å². The molecule has 94 valence electrons. The van der Waals surface area contributed by atoms with E-state index in [1.165, 1.54) is 0 Å². The number of carboxylic acids is 2. The first kappa shape index (κ1) is 14.9. The Morgan fingerprint density at radius 1 is 1.12 bits per heavy atom. The van der Waals surface area contributed by atoms with Gasteiger partial charge >= 0.3 is 11.9 Å². The number of aliphatic carboxylic acids is 2. The molecule has 0 aromatic carbocycles. The number of carbonyl (C=O) groups is 2. The summed E-state index contributed by atoms with van der Waals surface area (Å²) in [6.45, 7) is 5.21. The lowest BCUT2D eigenvalue weighted by Gasteiger charge is -2.27. The summed E-state index contributed by atoms with van der Waals surface area (Å²) in [5.74, 6) is -1.62. The zero-order valence-electron chi connectivity index (χ0n) is 9.98. The molecule has 0 aliphatic heterocycles. The smallest absolute Gasteiger partial charge is 0.304 e. The Kier molecular flexibility index (Phi) is 7.54. The second kappa shape index (κ2) is 8.10. The Hall–Kier alpha value is -1.10. The first-order valence-corrected chi connectivity index (χ1v) is 5.65. The van der Waals surface area contributed by atoms with Crippen LogP contribution in [0.15, 0.2) is 0 Å². The molecule has 0 spiro atoms. The highest BCUT2D eigenvalue weighted by atomic mass is 16.4. The van der Waals surface area contributed by atoms with E-state index in [9.17, 15) is 9.59 Å². The quantitative estimate of drug-likeness (QED) is 0.627. The van der Waals surface area contributed by atoms with Gasteiger partial charge in [0.2, 0.25) is 0 Å². The van der Waals surface area contributed by atoms with Gasteiger partial charge in [0, 0.05) is 19.0 Å². The lowest BCUT2D eigenvalue weighted by molar-refractivity contribution is -0.138. The van der Waals surface area contributed by atoms with Crippen LogP contribution < -0.4 is 0 Å². The zero-order valence-corrected chi connectivity index (χ0v) is 9.98. The second-order valence-corrected chi connectivity index (χ2v) is 3.93. The van der Waals surface area contributed by atoms with Gasteiger partial charge in [-0.3, -0.25) is 9.59 Å². The van der Waals surface area contributed by atoms with Gasteiger partial charge in [0.05, 0.1) is 6.42 Å². The summed E-state index contributed by atoms with van der Waals surface area (Å²) in [5, 5.41) is 17.1. The fourth-order valence-electron chi connectivity index (χ4n) is 1.48. The summed E-state index contributed by atoms with van der Waals surface area (Å²) < 4.78 is 0. The monoisotopic (exact) mass is 231 g/mol. The van der Waals surface area contributed by atoms with Gasteiger partial charge in [-0.2, -0.15) is 0 Å². The van der Waals surface area contributed by atoms with Crippen molar-refractivity contribution in [3.63, 3.8) is 0 Å². The largest absolute Gasteiger partial charge is 0.481 e. The van der Waals surface area contributed by atoms with E-state index in [4.69, 9.17) is 10.2 Å². The van der Waals surface area contributed by atoms with Crippen molar-refractivity contribution in [1.29, 1.82) is 0 Å². The molecule has 16 heavy (non-hydrogen) atoms. The van der Waals surface area contributed by atoms with E-state index in [1.54, 1.807) is 0 Å². The first-order valence-electron chi connectivity index (χ1n) is 5.65. The van der Waals surface area contributed by atoms with Crippen molar-refractivity contribution < 1.29 is 19.8 Å². The lowest BCUT2D eigenvalue weighted by atomic mass is 10.2. The highest BCUT2D eigenvalue weighted by Crippen LogP contribution is 2.06. The third-order valence-corrected chi connectivity index (χ3v) is 2.66. The maximum Gasteiger partial charge on any atom is 0.304 e. The van der Waals surface area contributed by atoms with Crippen LogP contribution in [-0.2, 0) is 9.59 Å². The van der Waals surface area contributed by atoms with Crippen molar-refractivity contribution >= 4 is 11.9 Å². The van der Waals surface area contributed by atoms with Crippen LogP contribution in [0.25, 0.3) is 0 Å². The molecular weight excluding hydrogens is 210 g/mol. The molecule has 5 heteroatoms. The van der Waals surface area contributed by atoms with Gasteiger partial charge in [0.1, 0.15) is 0 Å². The van der Waals surface area contributed by atoms with Crippen molar-refractivity contribution in [2.24, 2.45) is 0 Å². The van der Waals surface area contributed by atoms with E-state index in [-0.39, 0.29) is 12.8 Å². The van der Waals surface area contributed by atoms with Crippen LogP contribution in [-0.4, -0.2) is 46.2 Å². The first-order chi connectivity index (χ1) is 7.47. The maximum absolute atomic E-state index is 10.5. The molecule has 1 unspecified atom stereocenters. The van der Waals surface area contributed by atoms with Crippen LogP contribution in [0.1, 0.15) is 39.5 Å². The van der Waals surface area contributed by atoms with Crippen molar-refractivity contribution in [3.05, 3.63) is 0 Å². The number of hydrogen-bond donors (Lipinski definition) is 2. The number of nitrogens with zero attached hydrogens (tertiary/aromatic N) is 1. The van der Waals surface area contributed by atoms with E-state index in [0.717, 1.165) is 6.42 Å². The van der Waals surface area contributed by atoms with Crippen LogP contribution >= 0.6 is 0 Å². The van der Waals surface area contributed by atoms with Gasteiger partial charge in [0.15, 0.2) is 0 Å². The molecule has 1 atom stereocenters.